The van der Waals surface area contributed by atoms with Crippen LogP contribution in [0.15, 0.2) is 12.1 Å². The van der Waals surface area contributed by atoms with Gasteiger partial charge in [-0.1, -0.05) is 0 Å². The Morgan fingerprint density at radius 3 is 2.55 bits per heavy atom. The molecule has 1 aliphatic heterocycles. The monoisotopic (exact) mass is 275 g/mol. The molecule has 0 saturated carbocycles. The summed E-state index contributed by atoms with van der Waals surface area (Å²) in [4.78, 5) is 22.9. The van der Waals surface area contributed by atoms with E-state index in [1.807, 2.05) is 0 Å². The number of ether oxygens (including phenoxy) is 2. The maximum absolute atomic E-state index is 11.8. The van der Waals surface area contributed by atoms with Gasteiger partial charge in [0, 0.05) is 24.1 Å². The molecule has 0 amide bonds. The molecule has 1 aromatic carbocycles. The van der Waals surface area contributed by atoms with Crippen LogP contribution < -0.4 is 9.47 Å². The van der Waals surface area contributed by atoms with Gasteiger partial charge in [-0.25, -0.2) is 0 Å². The number of hydrogen-bond donors (Lipinski definition) is 1. The van der Waals surface area contributed by atoms with Crippen molar-refractivity contribution in [1.82, 2.24) is 4.57 Å². The SMILES string of the molecule is CC(=O)n1c(C)c(CC(=O)O)c2cc3c(cc21)OCO3. The molecule has 0 saturated heterocycles. The minimum absolute atomic E-state index is 0.134. The zero-order valence-electron chi connectivity index (χ0n) is 11.1. The first-order chi connectivity index (χ1) is 9.49. The number of hydrogen-bond acceptors (Lipinski definition) is 4. The van der Waals surface area contributed by atoms with Crippen LogP contribution in [-0.4, -0.2) is 28.3 Å². The summed E-state index contributed by atoms with van der Waals surface area (Å²) < 4.78 is 12.1. The lowest BCUT2D eigenvalue weighted by Gasteiger charge is -2.03. The molecule has 0 aliphatic carbocycles. The molecule has 0 unspecified atom stereocenters. The van der Waals surface area contributed by atoms with Gasteiger partial charge >= 0.3 is 5.97 Å². The highest BCUT2D eigenvalue weighted by Crippen LogP contribution is 2.39. The summed E-state index contributed by atoms with van der Waals surface area (Å²) in [6.07, 6.45) is -0.137. The van der Waals surface area contributed by atoms with Gasteiger partial charge in [0.2, 0.25) is 12.7 Å². The molecule has 0 atom stereocenters. The van der Waals surface area contributed by atoms with Crippen molar-refractivity contribution in [3.63, 3.8) is 0 Å². The summed E-state index contributed by atoms with van der Waals surface area (Å²) in [5, 5.41) is 9.75. The number of aliphatic carboxylic acids is 1. The van der Waals surface area contributed by atoms with E-state index in [0.717, 1.165) is 0 Å². The lowest BCUT2D eigenvalue weighted by molar-refractivity contribution is -0.136. The van der Waals surface area contributed by atoms with Gasteiger partial charge in [-0.05, 0) is 18.6 Å². The second kappa shape index (κ2) is 4.26. The van der Waals surface area contributed by atoms with E-state index in [-0.39, 0.29) is 19.1 Å². The fourth-order valence-corrected chi connectivity index (χ4v) is 2.65. The second-order valence-corrected chi connectivity index (χ2v) is 4.71. The van der Waals surface area contributed by atoms with Crippen molar-refractivity contribution in [2.75, 3.05) is 6.79 Å². The van der Waals surface area contributed by atoms with Crippen molar-refractivity contribution in [2.24, 2.45) is 0 Å². The molecule has 1 N–H and O–H groups in total. The largest absolute Gasteiger partial charge is 0.481 e. The molecule has 0 fully saturated rings. The third-order valence-corrected chi connectivity index (χ3v) is 3.47. The van der Waals surface area contributed by atoms with Gasteiger partial charge in [-0.3, -0.25) is 14.2 Å². The van der Waals surface area contributed by atoms with Crippen LogP contribution in [0.25, 0.3) is 10.9 Å². The van der Waals surface area contributed by atoms with Gasteiger partial charge in [-0.2, -0.15) is 0 Å². The molecule has 1 aliphatic rings. The predicted octanol–water partition coefficient (Wildman–Crippen LogP) is 1.97. The van der Waals surface area contributed by atoms with Crippen molar-refractivity contribution in [2.45, 2.75) is 20.3 Å². The average molecular weight is 275 g/mol. The Balaban J connectivity index is 2.34. The van der Waals surface area contributed by atoms with Crippen LogP contribution in [0.4, 0.5) is 0 Å². The quantitative estimate of drug-likeness (QED) is 0.906. The van der Waals surface area contributed by atoms with Crippen LogP contribution in [0.3, 0.4) is 0 Å². The highest BCUT2D eigenvalue weighted by Gasteiger charge is 2.23. The smallest absolute Gasteiger partial charge is 0.307 e. The highest BCUT2D eigenvalue weighted by molar-refractivity contribution is 5.98. The van der Waals surface area contributed by atoms with Crippen molar-refractivity contribution < 1.29 is 24.2 Å². The van der Waals surface area contributed by atoms with E-state index in [1.54, 1.807) is 19.1 Å². The Morgan fingerprint density at radius 1 is 1.30 bits per heavy atom. The zero-order chi connectivity index (χ0) is 14.4. The Hall–Kier alpha value is -2.50. The molecule has 6 nitrogen and oxygen atoms in total. The number of carboxylic acid groups (broad SMARTS) is 1. The number of nitrogens with zero attached hydrogens (tertiary/aromatic N) is 1. The van der Waals surface area contributed by atoms with Crippen molar-refractivity contribution in [1.29, 1.82) is 0 Å². The predicted molar refractivity (Wildman–Crippen MR) is 70.4 cm³/mol. The van der Waals surface area contributed by atoms with Crippen molar-refractivity contribution in [3.8, 4) is 11.5 Å². The van der Waals surface area contributed by atoms with E-state index in [9.17, 15) is 9.59 Å². The van der Waals surface area contributed by atoms with Crippen LogP contribution in [0.5, 0.6) is 11.5 Å². The normalized spacial score (nSPS) is 12.9. The first kappa shape index (κ1) is 12.5. The van der Waals surface area contributed by atoms with Gasteiger partial charge in [0.15, 0.2) is 11.5 Å². The van der Waals surface area contributed by atoms with E-state index in [0.29, 0.717) is 33.7 Å². The molecule has 2 heterocycles. The maximum Gasteiger partial charge on any atom is 0.307 e. The van der Waals surface area contributed by atoms with E-state index >= 15 is 0 Å². The Kier molecular flexibility index (Phi) is 2.67. The standard InChI is InChI=1S/C14H13NO5/c1-7-9(4-14(17)18)10-3-12-13(20-6-19-12)5-11(10)15(7)8(2)16/h3,5H,4,6H2,1-2H3,(H,17,18). The number of carbonyl (C=O) groups is 2. The topological polar surface area (TPSA) is 77.8 Å². The van der Waals surface area contributed by atoms with Gasteiger partial charge in [0.1, 0.15) is 0 Å². The summed E-state index contributed by atoms with van der Waals surface area (Å²) in [5.41, 5.74) is 1.91. The van der Waals surface area contributed by atoms with Crippen molar-refractivity contribution in [3.05, 3.63) is 23.4 Å². The molecule has 3 rings (SSSR count). The number of benzene rings is 1. The molecule has 104 valence electrons. The summed E-state index contributed by atoms with van der Waals surface area (Å²) >= 11 is 0. The molecule has 20 heavy (non-hydrogen) atoms. The molecule has 1 aromatic heterocycles. The Morgan fingerprint density at radius 2 is 1.95 bits per heavy atom. The Labute approximate surface area is 114 Å². The van der Waals surface area contributed by atoms with Gasteiger partial charge in [0.05, 0.1) is 11.9 Å². The second-order valence-electron chi connectivity index (χ2n) is 4.71. The number of rotatable bonds is 2. The van der Waals surface area contributed by atoms with Gasteiger partial charge in [-0.15, -0.1) is 0 Å². The molecule has 0 spiro atoms. The minimum atomic E-state index is -0.937. The van der Waals surface area contributed by atoms with E-state index in [1.165, 1.54) is 11.5 Å². The van der Waals surface area contributed by atoms with Crippen LogP contribution >= 0.6 is 0 Å². The fraction of sp³-hybridized carbons (Fsp3) is 0.286. The first-order valence-corrected chi connectivity index (χ1v) is 6.15. The lowest BCUT2D eigenvalue weighted by atomic mass is 10.1. The van der Waals surface area contributed by atoms with Crippen LogP contribution in [0.1, 0.15) is 23.0 Å². The first-order valence-electron chi connectivity index (χ1n) is 6.15. The summed E-state index contributed by atoms with van der Waals surface area (Å²) in [7, 11) is 0. The van der Waals surface area contributed by atoms with Gasteiger partial charge in [0.25, 0.3) is 0 Å². The average Bonchev–Trinajstić information content (AvgIpc) is 2.90. The van der Waals surface area contributed by atoms with E-state index < -0.39 is 5.97 Å². The van der Waals surface area contributed by atoms with Crippen molar-refractivity contribution >= 4 is 22.8 Å². The molecule has 0 radical (unpaired) electrons. The molecule has 2 aromatic rings. The van der Waals surface area contributed by atoms with Crippen LogP contribution in [0, 0.1) is 6.92 Å². The number of carbonyl (C=O) groups excluding carboxylic acids is 1. The summed E-state index contributed by atoms with van der Waals surface area (Å²) in [5.74, 6) is 0.0422. The minimum Gasteiger partial charge on any atom is -0.481 e. The molecular formula is C14H13NO5. The Bertz CT molecular complexity index is 744. The van der Waals surface area contributed by atoms with E-state index in [4.69, 9.17) is 14.6 Å². The maximum atomic E-state index is 11.8. The lowest BCUT2D eigenvalue weighted by Crippen LogP contribution is -2.08. The van der Waals surface area contributed by atoms with Crippen LogP contribution in [-0.2, 0) is 11.2 Å². The number of aromatic nitrogens is 1. The fourth-order valence-electron chi connectivity index (χ4n) is 2.65. The summed E-state index contributed by atoms with van der Waals surface area (Å²) in [6.45, 7) is 3.32. The number of carboxylic acids is 1. The van der Waals surface area contributed by atoms with E-state index in [2.05, 4.69) is 0 Å². The summed E-state index contributed by atoms with van der Waals surface area (Å²) in [6, 6.07) is 3.46. The third kappa shape index (κ3) is 1.72. The zero-order valence-corrected chi connectivity index (χ0v) is 11.1. The molecule has 6 heteroatoms. The molecule has 0 bridgehead atoms. The number of fused-ring (bicyclic) bond motifs is 2. The van der Waals surface area contributed by atoms with Gasteiger partial charge < -0.3 is 14.6 Å². The third-order valence-electron chi connectivity index (χ3n) is 3.47. The van der Waals surface area contributed by atoms with Crippen LogP contribution in [0.2, 0.25) is 0 Å². The molecular weight excluding hydrogens is 262 g/mol. The highest BCUT2D eigenvalue weighted by atomic mass is 16.7.